The van der Waals surface area contributed by atoms with Crippen molar-refractivity contribution in [2.45, 2.75) is 23.8 Å². The number of carbonyl (C=O) groups is 1. The molecule has 0 saturated carbocycles. The van der Waals surface area contributed by atoms with E-state index in [-0.39, 0.29) is 5.82 Å². The average molecular weight is 355 g/mol. The summed E-state index contributed by atoms with van der Waals surface area (Å²) in [6, 6.07) is 18.1. The van der Waals surface area contributed by atoms with Crippen LogP contribution in [0.5, 0.6) is 0 Å². The van der Waals surface area contributed by atoms with Gasteiger partial charge in [0.2, 0.25) is 0 Å². The topological polar surface area (TPSA) is 31.2 Å². The third kappa shape index (κ3) is 3.61. The van der Waals surface area contributed by atoms with Crippen molar-refractivity contribution in [3.05, 3.63) is 77.7 Å². The minimum atomic E-state index is -0.398. The standard InChI is InChI=1S/C20H18FNO2S/c1-3-24-20(23)16-13-19(25-15-9-5-4-6-10-15)22(14(16)2)18-12-8-7-11-17(18)21/h4-13H,3H2,1-2H3. The van der Waals surface area contributed by atoms with Crippen molar-refractivity contribution in [2.75, 3.05) is 6.61 Å². The van der Waals surface area contributed by atoms with E-state index in [1.807, 2.05) is 30.3 Å². The maximum Gasteiger partial charge on any atom is 0.340 e. The molecule has 0 amide bonds. The molecular formula is C20H18FNO2S. The van der Waals surface area contributed by atoms with E-state index in [0.717, 1.165) is 9.92 Å². The van der Waals surface area contributed by atoms with Crippen LogP contribution in [0.2, 0.25) is 0 Å². The van der Waals surface area contributed by atoms with Gasteiger partial charge in [-0.05, 0) is 44.2 Å². The fourth-order valence-corrected chi connectivity index (χ4v) is 3.65. The van der Waals surface area contributed by atoms with Crippen LogP contribution < -0.4 is 0 Å². The summed E-state index contributed by atoms with van der Waals surface area (Å²) in [6.07, 6.45) is 0. The molecule has 0 aliphatic carbocycles. The summed E-state index contributed by atoms with van der Waals surface area (Å²) < 4.78 is 21.3. The Morgan fingerprint density at radius 3 is 2.48 bits per heavy atom. The first-order valence-corrected chi connectivity index (χ1v) is 8.80. The second-order valence-corrected chi connectivity index (χ2v) is 6.50. The smallest absolute Gasteiger partial charge is 0.340 e. The quantitative estimate of drug-likeness (QED) is 0.586. The minimum absolute atomic E-state index is 0.296. The van der Waals surface area contributed by atoms with Crippen LogP contribution in [0.4, 0.5) is 4.39 Å². The molecule has 5 heteroatoms. The van der Waals surface area contributed by atoms with Gasteiger partial charge >= 0.3 is 5.97 Å². The van der Waals surface area contributed by atoms with Gasteiger partial charge in [-0.15, -0.1) is 0 Å². The van der Waals surface area contributed by atoms with Crippen molar-refractivity contribution in [1.82, 2.24) is 4.57 Å². The number of esters is 1. The molecule has 0 bridgehead atoms. The van der Waals surface area contributed by atoms with Crippen LogP contribution in [0.3, 0.4) is 0 Å². The number of rotatable bonds is 5. The number of aromatic nitrogens is 1. The lowest BCUT2D eigenvalue weighted by Gasteiger charge is -2.12. The second kappa shape index (κ2) is 7.57. The highest BCUT2D eigenvalue weighted by atomic mass is 32.2. The highest BCUT2D eigenvalue weighted by Crippen LogP contribution is 2.34. The zero-order chi connectivity index (χ0) is 17.8. The maximum atomic E-state index is 14.4. The molecule has 0 N–H and O–H groups in total. The molecular weight excluding hydrogens is 337 g/mol. The molecule has 2 aromatic carbocycles. The second-order valence-electron chi connectivity index (χ2n) is 5.40. The fourth-order valence-electron chi connectivity index (χ4n) is 2.61. The third-order valence-corrected chi connectivity index (χ3v) is 4.79. The SMILES string of the molecule is CCOC(=O)c1cc(Sc2ccccc2)n(-c2ccccc2F)c1C. The molecule has 128 valence electrons. The summed E-state index contributed by atoms with van der Waals surface area (Å²) in [5.41, 5.74) is 1.51. The number of para-hydroxylation sites is 1. The van der Waals surface area contributed by atoms with Gasteiger partial charge in [-0.1, -0.05) is 42.1 Å². The van der Waals surface area contributed by atoms with E-state index in [0.29, 0.717) is 23.6 Å². The van der Waals surface area contributed by atoms with E-state index >= 15 is 0 Å². The molecule has 0 atom stereocenters. The van der Waals surface area contributed by atoms with E-state index < -0.39 is 5.97 Å². The van der Waals surface area contributed by atoms with Gasteiger partial charge in [0.05, 0.1) is 22.9 Å². The highest BCUT2D eigenvalue weighted by Gasteiger charge is 2.21. The summed E-state index contributed by atoms with van der Waals surface area (Å²) in [5.74, 6) is -0.739. The molecule has 0 unspecified atom stereocenters. The number of benzene rings is 2. The van der Waals surface area contributed by atoms with Crippen LogP contribution in [0.25, 0.3) is 5.69 Å². The molecule has 25 heavy (non-hydrogen) atoms. The predicted octanol–water partition coefficient (Wildman–Crippen LogP) is 5.25. The molecule has 0 fully saturated rings. The summed E-state index contributed by atoms with van der Waals surface area (Å²) in [5, 5.41) is 0.761. The Bertz CT molecular complexity index is 890. The molecule has 1 aromatic heterocycles. The Morgan fingerprint density at radius 2 is 1.80 bits per heavy atom. The van der Waals surface area contributed by atoms with Gasteiger partial charge in [0.1, 0.15) is 5.82 Å². The van der Waals surface area contributed by atoms with Crippen molar-refractivity contribution >= 4 is 17.7 Å². The number of hydrogen-bond acceptors (Lipinski definition) is 3. The molecule has 3 rings (SSSR count). The van der Waals surface area contributed by atoms with Crippen LogP contribution in [-0.4, -0.2) is 17.1 Å². The largest absolute Gasteiger partial charge is 0.462 e. The minimum Gasteiger partial charge on any atom is -0.462 e. The van der Waals surface area contributed by atoms with E-state index in [2.05, 4.69) is 0 Å². The van der Waals surface area contributed by atoms with E-state index in [1.54, 1.807) is 42.7 Å². The number of ether oxygens (including phenoxy) is 1. The van der Waals surface area contributed by atoms with Crippen LogP contribution in [0, 0.1) is 12.7 Å². The number of nitrogens with zero attached hydrogens (tertiary/aromatic N) is 1. The Hall–Kier alpha value is -2.53. The van der Waals surface area contributed by atoms with Crippen molar-refractivity contribution in [3.63, 3.8) is 0 Å². The first-order chi connectivity index (χ1) is 12.1. The zero-order valence-corrected chi connectivity index (χ0v) is 14.8. The highest BCUT2D eigenvalue weighted by molar-refractivity contribution is 7.99. The lowest BCUT2D eigenvalue weighted by Crippen LogP contribution is -2.07. The molecule has 0 aliphatic heterocycles. The molecule has 3 nitrogen and oxygen atoms in total. The molecule has 3 aromatic rings. The van der Waals surface area contributed by atoms with Crippen molar-refractivity contribution in [2.24, 2.45) is 0 Å². The van der Waals surface area contributed by atoms with Gasteiger partial charge in [0, 0.05) is 10.6 Å². The predicted molar refractivity (Wildman–Crippen MR) is 97.0 cm³/mol. The number of carbonyl (C=O) groups excluding carboxylic acids is 1. The normalized spacial score (nSPS) is 10.7. The Labute approximate surface area is 150 Å². The van der Waals surface area contributed by atoms with Gasteiger partial charge in [0.25, 0.3) is 0 Å². The molecule has 0 aliphatic rings. The zero-order valence-electron chi connectivity index (χ0n) is 14.0. The fraction of sp³-hybridized carbons (Fsp3) is 0.150. The molecule has 0 radical (unpaired) electrons. The van der Waals surface area contributed by atoms with Crippen LogP contribution in [0.15, 0.2) is 70.6 Å². The van der Waals surface area contributed by atoms with Crippen LogP contribution in [0.1, 0.15) is 23.0 Å². The van der Waals surface area contributed by atoms with Gasteiger partial charge in [0.15, 0.2) is 0 Å². The monoisotopic (exact) mass is 355 g/mol. The van der Waals surface area contributed by atoms with Gasteiger partial charge < -0.3 is 9.30 Å². The Morgan fingerprint density at radius 1 is 1.12 bits per heavy atom. The van der Waals surface area contributed by atoms with Crippen LogP contribution >= 0.6 is 11.8 Å². The Kier molecular flexibility index (Phi) is 5.24. The van der Waals surface area contributed by atoms with Crippen LogP contribution in [-0.2, 0) is 4.74 Å². The number of hydrogen-bond donors (Lipinski definition) is 0. The molecule has 0 spiro atoms. The Balaban J connectivity index is 2.13. The van der Waals surface area contributed by atoms with Gasteiger partial charge in [-0.2, -0.15) is 0 Å². The third-order valence-electron chi connectivity index (χ3n) is 3.77. The van der Waals surface area contributed by atoms with E-state index in [1.165, 1.54) is 17.8 Å². The van der Waals surface area contributed by atoms with Gasteiger partial charge in [-0.3, -0.25) is 0 Å². The van der Waals surface area contributed by atoms with E-state index in [4.69, 9.17) is 4.74 Å². The van der Waals surface area contributed by atoms with Crippen molar-refractivity contribution in [3.8, 4) is 5.69 Å². The lowest BCUT2D eigenvalue weighted by molar-refractivity contribution is 0.0525. The van der Waals surface area contributed by atoms with Crippen molar-refractivity contribution < 1.29 is 13.9 Å². The maximum absolute atomic E-state index is 14.4. The molecule has 1 heterocycles. The first-order valence-electron chi connectivity index (χ1n) is 7.99. The summed E-state index contributed by atoms with van der Waals surface area (Å²) in [4.78, 5) is 13.3. The first kappa shape index (κ1) is 17.3. The number of halogens is 1. The van der Waals surface area contributed by atoms with E-state index in [9.17, 15) is 9.18 Å². The van der Waals surface area contributed by atoms with Gasteiger partial charge in [-0.25, -0.2) is 9.18 Å². The summed E-state index contributed by atoms with van der Waals surface area (Å²) >= 11 is 1.48. The summed E-state index contributed by atoms with van der Waals surface area (Å²) in [6.45, 7) is 3.86. The molecule has 0 saturated heterocycles. The van der Waals surface area contributed by atoms with Crippen molar-refractivity contribution in [1.29, 1.82) is 0 Å². The lowest BCUT2D eigenvalue weighted by atomic mass is 10.2. The average Bonchev–Trinajstić information content (AvgIpc) is 2.93. The summed E-state index contributed by atoms with van der Waals surface area (Å²) in [7, 11) is 0.